The SMILES string of the molecule is C=C.[CH2]CCCCCCCCCCCCCCCCC. The van der Waals surface area contributed by atoms with Crippen LogP contribution in [0.5, 0.6) is 0 Å². The van der Waals surface area contributed by atoms with E-state index in [0.29, 0.717) is 0 Å². The number of hydrogen-bond donors (Lipinski definition) is 0. The molecule has 0 aromatic carbocycles. The maximum atomic E-state index is 3.88. The van der Waals surface area contributed by atoms with Crippen LogP contribution in [-0.4, -0.2) is 0 Å². The minimum absolute atomic E-state index is 1.12. The zero-order chi connectivity index (χ0) is 15.3. The molecule has 0 spiro atoms. The maximum absolute atomic E-state index is 3.88. The lowest BCUT2D eigenvalue weighted by molar-refractivity contribution is 0.533. The zero-order valence-corrected chi connectivity index (χ0v) is 14.4. The second-order valence-corrected chi connectivity index (χ2v) is 5.80. The molecule has 0 saturated heterocycles. The van der Waals surface area contributed by atoms with Gasteiger partial charge < -0.3 is 0 Å². The molecule has 0 aliphatic rings. The molecule has 0 aliphatic carbocycles. The second-order valence-electron chi connectivity index (χ2n) is 5.80. The Kier molecular flexibility index (Phi) is 26.2. The van der Waals surface area contributed by atoms with Crippen molar-refractivity contribution in [2.45, 2.75) is 110 Å². The fourth-order valence-electron chi connectivity index (χ4n) is 2.55. The van der Waals surface area contributed by atoms with Crippen LogP contribution >= 0.6 is 0 Å². The van der Waals surface area contributed by atoms with Gasteiger partial charge in [-0.2, -0.15) is 0 Å². The minimum atomic E-state index is 1.12. The van der Waals surface area contributed by atoms with Crippen molar-refractivity contribution in [1.29, 1.82) is 0 Å². The minimum Gasteiger partial charge on any atom is -0.106 e. The van der Waals surface area contributed by atoms with Gasteiger partial charge in [-0.05, 0) is 0 Å². The van der Waals surface area contributed by atoms with E-state index in [1.165, 1.54) is 96.3 Å². The molecule has 0 aliphatic heterocycles. The third-order valence-corrected chi connectivity index (χ3v) is 3.85. The van der Waals surface area contributed by atoms with Gasteiger partial charge in [0.1, 0.15) is 0 Å². The molecule has 0 heterocycles. The molecule has 0 rings (SSSR count). The summed E-state index contributed by atoms with van der Waals surface area (Å²) in [6.07, 6.45) is 22.8. The van der Waals surface area contributed by atoms with Gasteiger partial charge in [-0.25, -0.2) is 0 Å². The van der Waals surface area contributed by atoms with E-state index >= 15 is 0 Å². The summed E-state index contributed by atoms with van der Waals surface area (Å²) in [5.74, 6) is 0. The molecule has 0 aromatic heterocycles. The molecular weight excluding hydrogens is 240 g/mol. The predicted octanol–water partition coefficient (Wildman–Crippen LogP) is 7.88. The van der Waals surface area contributed by atoms with Gasteiger partial charge in [0.25, 0.3) is 0 Å². The van der Waals surface area contributed by atoms with Crippen molar-refractivity contribution in [3.63, 3.8) is 0 Å². The predicted molar refractivity (Wildman–Crippen MR) is 96.2 cm³/mol. The maximum Gasteiger partial charge on any atom is -0.0533 e. The van der Waals surface area contributed by atoms with E-state index in [1.807, 2.05) is 0 Å². The topological polar surface area (TPSA) is 0 Å². The summed E-state index contributed by atoms with van der Waals surface area (Å²) < 4.78 is 0. The van der Waals surface area contributed by atoms with Crippen LogP contribution in [-0.2, 0) is 0 Å². The van der Waals surface area contributed by atoms with Crippen LogP contribution in [0.25, 0.3) is 0 Å². The van der Waals surface area contributed by atoms with Crippen molar-refractivity contribution in [2.75, 3.05) is 0 Å². The molecule has 0 heteroatoms. The van der Waals surface area contributed by atoms with E-state index in [0.717, 1.165) is 6.42 Å². The van der Waals surface area contributed by atoms with Crippen LogP contribution in [0.4, 0.5) is 0 Å². The molecule has 0 amide bonds. The fraction of sp³-hybridized carbons (Fsp3) is 0.850. The van der Waals surface area contributed by atoms with Crippen molar-refractivity contribution in [3.05, 3.63) is 20.1 Å². The lowest BCUT2D eigenvalue weighted by Gasteiger charge is -2.03. The van der Waals surface area contributed by atoms with Gasteiger partial charge in [0.15, 0.2) is 0 Å². The number of hydrogen-bond acceptors (Lipinski definition) is 0. The summed E-state index contributed by atoms with van der Waals surface area (Å²) in [5, 5.41) is 0. The van der Waals surface area contributed by atoms with Gasteiger partial charge in [0.05, 0.1) is 0 Å². The van der Waals surface area contributed by atoms with Gasteiger partial charge in [-0.1, -0.05) is 117 Å². The first-order valence-electron chi connectivity index (χ1n) is 9.21. The van der Waals surface area contributed by atoms with E-state index in [2.05, 4.69) is 27.0 Å². The largest absolute Gasteiger partial charge is 0.106 e. The van der Waals surface area contributed by atoms with Gasteiger partial charge in [0, 0.05) is 0 Å². The number of rotatable bonds is 15. The van der Waals surface area contributed by atoms with Crippen molar-refractivity contribution in [1.82, 2.24) is 0 Å². The molecule has 0 atom stereocenters. The Balaban J connectivity index is 0. The first-order valence-corrected chi connectivity index (χ1v) is 9.21. The first-order chi connectivity index (χ1) is 9.91. The molecule has 121 valence electrons. The lowest BCUT2D eigenvalue weighted by atomic mass is 10.0. The van der Waals surface area contributed by atoms with Crippen LogP contribution in [0.1, 0.15) is 110 Å². The molecule has 1 radical (unpaired) electrons. The van der Waals surface area contributed by atoms with E-state index in [1.54, 1.807) is 0 Å². The van der Waals surface area contributed by atoms with Crippen LogP contribution in [0.15, 0.2) is 13.2 Å². The Morgan fingerprint density at radius 3 is 0.950 bits per heavy atom. The Morgan fingerprint density at radius 2 is 0.700 bits per heavy atom. The molecule has 0 aromatic rings. The highest BCUT2D eigenvalue weighted by atomic mass is 14.0. The third-order valence-electron chi connectivity index (χ3n) is 3.85. The van der Waals surface area contributed by atoms with Crippen molar-refractivity contribution in [2.24, 2.45) is 0 Å². The van der Waals surface area contributed by atoms with Gasteiger partial charge in [0.2, 0.25) is 0 Å². The molecule has 20 heavy (non-hydrogen) atoms. The molecule has 0 nitrogen and oxygen atoms in total. The van der Waals surface area contributed by atoms with Crippen LogP contribution in [0.3, 0.4) is 0 Å². The smallest absolute Gasteiger partial charge is 0.0533 e. The quantitative estimate of drug-likeness (QED) is 0.211. The Labute approximate surface area is 130 Å². The van der Waals surface area contributed by atoms with E-state index in [4.69, 9.17) is 0 Å². The van der Waals surface area contributed by atoms with Crippen molar-refractivity contribution in [3.8, 4) is 0 Å². The van der Waals surface area contributed by atoms with E-state index < -0.39 is 0 Å². The molecule has 0 unspecified atom stereocenters. The van der Waals surface area contributed by atoms with Gasteiger partial charge >= 0.3 is 0 Å². The second kappa shape index (κ2) is 23.8. The highest BCUT2D eigenvalue weighted by molar-refractivity contribution is 4.50. The Bertz CT molecular complexity index is 123. The molecule has 0 fully saturated rings. The average Bonchev–Trinajstić information content (AvgIpc) is 2.50. The Hall–Kier alpha value is -0.260. The van der Waals surface area contributed by atoms with Crippen LogP contribution in [0.2, 0.25) is 0 Å². The highest BCUT2D eigenvalue weighted by Crippen LogP contribution is 2.13. The lowest BCUT2D eigenvalue weighted by Crippen LogP contribution is -1.83. The molecular formula is C20H41. The van der Waals surface area contributed by atoms with Crippen LogP contribution < -0.4 is 0 Å². The summed E-state index contributed by atoms with van der Waals surface area (Å²) in [5.41, 5.74) is 0. The summed E-state index contributed by atoms with van der Waals surface area (Å²) in [4.78, 5) is 0. The van der Waals surface area contributed by atoms with Crippen LogP contribution in [0, 0.1) is 6.92 Å². The normalized spacial score (nSPS) is 10.1. The summed E-state index contributed by atoms with van der Waals surface area (Å²) >= 11 is 0. The zero-order valence-electron chi connectivity index (χ0n) is 14.4. The average molecular weight is 282 g/mol. The summed E-state index contributed by atoms with van der Waals surface area (Å²) in [6.45, 7) is 12.2. The fourth-order valence-corrected chi connectivity index (χ4v) is 2.55. The van der Waals surface area contributed by atoms with Gasteiger partial charge in [-0.3, -0.25) is 0 Å². The summed E-state index contributed by atoms with van der Waals surface area (Å²) in [6, 6.07) is 0. The molecule has 0 bridgehead atoms. The monoisotopic (exact) mass is 281 g/mol. The van der Waals surface area contributed by atoms with E-state index in [9.17, 15) is 0 Å². The standard InChI is InChI=1S/C18H37.C2H4/c1-3-5-7-9-11-13-15-17-18-16-14-12-10-8-6-4-2;1-2/h1,3-18H2,2H3;1-2H2. The van der Waals surface area contributed by atoms with Crippen molar-refractivity contribution < 1.29 is 0 Å². The van der Waals surface area contributed by atoms with Gasteiger partial charge in [-0.15, -0.1) is 13.2 Å². The van der Waals surface area contributed by atoms with E-state index in [-0.39, 0.29) is 0 Å². The Morgan fingerprint density at radius 1 is 0.450 bits per heavy atom. The number of unbranched alkanes of at least 4 members (excludes halogenated alkanes) is 15. The molecule has 0 N–H and O–H groups in total. The third kappa shape index (κ3) is 22.9. The highest BCUT2D eigenvalue weighted by Gasteiger charge is 1.93. The summed E-state index contributed by atoms with van der Waals surface area (Å²) in [7, 11) is 0. The molecule has 0 saturated carbocycles. The first kappa shape index (κ1) is 22.0. The van der Waals surface area contributed by atoms with Crippen molar-refractivity contribution >= 4 is 0 Å².